The predicted octanol–water partition coefficient (Wildman–Crippen LogP) is 2.70. The number of aryl methyl sites for hydroxylation is 1. The standard InChI is InChI=1S/C21H20F2N6O/c1-13-2-5-28-18(11-15-12-24-4-7-30-15)21(26-19(28)8-13)20-16(22)9-14(10-17(20)23)29-6-3-25-27-29/h2-3,5-6,8-10,15,24H,4,7,11-12H2,1H3. The Bertz CT molecular complexity index is 1170. The van der Waals surface area contributed by atoms with Crippen LogP contribution in [0.5, 0.6) is 0 Å². The van der Waals surface area contributed by atoms with E-state index < -0.39 is 11.6 Å². The molecule has 4 heterocycles. The summed E-state index contributed by atoms with van der Waals surface area (Å²) in [7, 11) is 0. The van der Waals surface area contributed by atoms with Crippen molar-refractivity contribution in [1.82, 2.24) is 29.7 Å². The maximum Gasteiger partial charge on any atom is 0.137 e. The Morgan fingerprint density at radius 2 is 2.03 bits per heavy atom. The zero-order valence-corrected chi connectivity index (χ0v) is 16.3. The first-order valence-electron chi connectivity index (χ1n) is 9.76. The van der Waals surface area contributed by atoms with E-state index >= 15 is 8.78 Å². The fourth-order valence-corrected chi connectivity index (χ4v) is 3.82. The largest absolute Gasteiger partial charge is 0.375 e. The molecular weight excluding hydrogens is 390 g/mol. The summed E-state index contributed by atoms with van der Waals surface area (Å²) in [5, 5.41) is 10.8. The summed E-state index contributed by atoms with van der Waals surface area (Å²) in [5.74, 6) is -1.41. The van der Waals surface area contributed by atoms with E-state index in [0.29, 0.717) is 30.9 Å². The van der Waals surface area contributed by atoms with E-state index in [0.717, 1.165) is 12.1 Å². The molecule has 0 radical (unpaired) electrons. The van der Waals surface area contributed by atoms with Crippen molar-refractivity contribution < 1.29 is 13.5 Å². The average Bonchev–Trinajstić information content (AvgIpc) is 3.37. The number of fused-ring (bicyclic) bond motifs is 1. The van der Waals surface area contributed by atoms with Gasteiger partial charge in [-0.1, -0.05) is 5.21 Å². The van der Waals surface area contributed by atoms with Gasteiger partial charge in [-0.05, 0) is 24.6 Å². The van der Waals surface area contributed by atoms with Crippen LogP contribution in [0.3, 0.4) is 0 Å². The van der Waals surface area contributed by atoms with Gasteiger partial charge in [-0.3, -0.25) is 0 Å². The van der Waals surface area contributed by atoms with Gasteiger partial charge in [0.2, 0.25) is 0 Å². The van der Waals surface area contributed by atoms with Gasteiger partial charge < -0.3 is 14.5 Å². The molecule has 3 aromatic heterocycles. The number of pyridine rings is 1. The van der Waals surface area contributed by atoms with Gasteiger partial charge in [-0.2, -0.15) is 0 Å². The van der Waals surface area contributed by atoms with Crippen molar-refractivity contribution in [3.63, 3.8) is 0 Å². The first-order valence-corrected chi connectivity index (χ1v) is 9.76. The van der Waals surface area contributed by atoms with Crippen molar-refractivity contribution in [3.8, 4) is 16.9 Å². The van der Waals surface area contributed by atoms with E-state index in [1.54, 1.807) is 0 Å². The van der Waals surface area contributed by atoms with Crippen LogP contribution in [0.2, 0.25) is 0 Å². The lowest BCUT2D eigenvalue weighted by molar-refractivity contribution is 0.0286. The van der Waals surface area contributed by atoms with E-state index in [-0.39, 0.29) is 23.0 Å². The molecule has 9 heteroatoms. The molecule has 5 rings (SSSR count). The highest BCUT2D eigenvalue weighted by atomic mass is 19.1. The molecule has 7 nitrogen and oxygen atoms in total. The Balaban J connectivity index is 1.65. The van der Waals surface area contributed by atoms with Gasteiger partial charge in [0.05, 0.1) is 47.7 Å². The molecule has 0 saturated carbocycles. The molecule has 1 aliphatic rings. The number of rotatable bonds is 4. The second-order valence-electron chi connectivity index (χ2n) is 7.37. The van der Waals surface area contributed by atoms with Crippen LogP contribution in [0.15, 0.2) is 42.9 Å². The van der Waals surface area contributed by atoms with E-state index in [9.17, 15) is 0 Å². The minimum Gasteiger partial charge on any atom is -0.375 e. The highest BCUT2D eigenvalue weighted by molar-refractivity contribution is 5.69. The number of halogens is 2. The van der Waals surface area contributed by atoms with Crippen LogP contribution >= 0.6 is 0 Å². The minimum atomic E-state index is -0.704. The lowest BCUT2D eigenvalue weighted by Gasteiger charge is -2.24. The number of imidazole rings is 1. The fourth-order valence-electron chi connectivity index (χ4n) is 3.82. The summed E-state index contributed by atoms with van der Waals surface area (Å²) in [6.07, 6.45) is 5.24. The van der Waals surface area contributed by atoms with Crippen LogP contribution in [0.1, 0.15) is 11.3 Å². The van der Waals surface area contributed by atoms with Gasteiger partial charge in [0.25, 0.3) is 0 Å². The quantitative estimate of drug-likeness (QED) is 0.560. The van der Waals surface area contributed by atoms with Crippen molar-refractivity contribution in [1.29, 1.82) is 0 Å². The molecule has 1 N–H and O–H groups in total. The van der Waals surface area contributed by atoms with Gasteiger partial charge in [0, 0.05) is 37.8 Å². The van der Waals surface area contributed by atoms with Crippen molar-refractivity contribution in [2.24, 2.45) is 0 Å². The Kier molecular flexibility index (Phi) is 4.76. The first kappa shape index (κ1) is 18.8. The Morgan fingerprint density at radius 1 is 1.20 bits per heavy atom. The van der Waals surface area contributed by atoms with E-state index in [1.807, 2.05) is 29.7 Å². The number of hydrogen-bond donors (Lipinski definition) is 1. The van der Waals surface area contributed by atoms with Crippen molar-refractivity contribution in [3.05, 3.63) is 65.7 Å². The fraction of sp³-hybridized carbons (Fsp3) is 0.286. The molecule has 0 amide bonds. The third kappa shape index (κ3) is 3.35. The van der Waals surface area contributed by atoms with Gasteiger partial charge in [0.1, 0.15) is 17.3 Å². The van der Waals surface area contributed by atoms with Crippen LogP contribution in [0.25, 0.3) is 22.6 Å². The number of nitrogens with one attached hydrogen (secondary N) is 1. The number of nitrogens with zero attached hydrogens (tertiary/aromatic N) is 5. The van der Waals surface area contributed by atoms with Crippen molar-refractivity contribution in [2.45, 2.75) is 19.4 Å². The lowest BCUT2D eigenvalue weighted by Crippen LogP contribution is -2.39. The molecule has 1 unspecified atom stereocenters. The summed E-state index contributed by atoms with van der Waals surface area (Å²) in [6, 6.07) is 6.32. The van der Waals surface area contributed by atoms with Crippen molar-refractivity contribution in [2.75, 3.05) is 19.7 Å². The van der Waals surface area contributed by atoms with Gasteiger partial charge in [0.15, 0.2) is 0 Å². The van der Waals surface area contributed by atoms with E-state index in [1.165, 1.54) is 29.2 Å². The van der Waals surface area contributed by atoms with Crippen LogP contribution < -0.4 is 5.32 Å². The predicted molar refractivity (Wildman–Crippen MR) is 107 cm³/mol. The molecule has 4 aromatic rings. The summed E-state index contributed by atoms with van der Waals surface area (Å²) >= 11 is 0. The molecule has 1 fully saturated rings. The molecule has 0 bridgehead atoms. The second-order valence-corrected chi connectivity index (χ2v) is 7.37. The van der Waals surface area contributed by atoms with Crippen LogP contribution in [0, 0.1) is 18.6 Å². The normalized spacial score (nSPS) is 17.0. The molecule has 0 aliphatic carbocycles. The van der Waals surface area contributed by atoms with Crippen molar-refractivity contribution >= 4 is 5.65 Å². The number of ether oxygens (including phenoxy) is 1. The summed E-state index contributed by atoms with van der Waals surface area (Å²) in [6.45, 7) is 4.03. The minimum absolute atomic E-state index is 0.0979. The molecule has 1 aromatic carbocycles. The average molecular weight is 410 g/mol. The van der Waals surface area contributed by atoms with Gasteiger partial charge in [-0.25, -0.2) is 18.4 Å². The molecule has 30 heavy (non-hydrogen) atoms. The highest BCUT2D eigenvalue weighted by Crippen LogP contribution is 2.32. The topological polar surface area (TPSA) is 69.3 Å². The lowest BCUT2D eigenvalue weighted by atomic mass is 10.0. The van der Waals surface area contributed by atoms with Crippen LogP contribution in [-0.4, -0.2) is 50.2 Å². The van der Waals surface area contributed by atoms with E-state index in [2.05, 4.69) is 20.6 Å². The number of hydrogen-bond acceptors (Lipinski definition) is 5. The molecule has 0 spiro atoms. The Morgan fingerprint density at radius 3 is 2.73 bits per heavy atom. The molecule has 1 atom stereocenters. The smallest absolute Gasteiger partial charge is 0.137 e. The number of benzene rings is 1. The zero-order valence-electron chi connectivity index (χ0n) is 16.3. The van der Waals surface area contributed by atoms with E-state index in [4.69, 9.17) is 4.74 Å². The maximum absolute atomic E-state index is 15.2. The third-order valence-corrected chi connectivity index (χ3v) is 5.26. The third-order valence-electron chi connectivity index (χ3n) is 5.26. The molecular formula is C21H20F2N6O. The van der Waals surface area contributed by atoms with Gasteiger partial charge in [-0.15, -0.1) is 5.10 Å². The molecule has 154 valence electrons. The SMILES string of the molecule is Cc1ccn2c(CC3CNCCO3)c(-c3c(F)cc(-n4ccnn4)cc3F)nc2c1. The second kappa shape index (κ2) is 7.58. The maximum atomic E-state index is 15.2. The number of morpholine rings is 1. The number of aromatic nitrogens is 5. The summed E-state index contributed by atoms with van der Waals surface area (Å²) in [4.78, 5) is 4.60. The monoisotopic (exact) mass is 410 g/mol. The molecule has 1 saturated heterocycles. The zero-order chi connectivity index (χ0) is 20.7. The van der Waals surface area contributed by atoms with Gasteiger partial charge >= 0.3 is 0 Å². The first-order chi connectivity index (χ1) is 14.6. The Hall–Kier alpha value is -3.17. The summed E-state index contributed by atoms with van der Waals surface area (Å²) in [5.41, 5.74) is 2.76. The Labute approximate surface area is 171 Å². The van der Waals surface area contributed by atoms with Crippen LogP contribution in [0.4, 0.5) is 8.78 Å². The highest BCUT2D eigenvalue weighted by Gasteiger charge is 2.25. The van der Waals surface area contributed by atoms with Crippen LogP contribution in [-0.2, 0) is 11.2 Å². The molecule has 1 aliphatic heterocycles. The summed E-state index contributed by atoms with van der Waals surface area (Å²) < 4.78 is 39.3.